The van der Waals surface area contributed by atoms with E-state index in [4.69, 9.17) is 11.6 Å². The number of nitrogens with one attached hydrogen (secondary N) is 1. The van der Waals surface area contributed by atoms with Crippen LogP contribution in [0.2, 0.25) is 5.15 Å². The molecule has 1 N–H and O–H groups in total. The van der Waals surface area contributed by atoms with Crippen LogP contribution in [0.4, 0.5) is 5.69 Å². The summed E-state index contributed by atoms with van der Waals surface area (Å²) in [6, 6.07) is 10.9. The SMILES string of the molecule is Cc1ccnc(Cl)c1NC(C)c1ccc(C(C)C)cc1. The topological polar surface area (TPSA) is 24.9 Å². The van der Waals surface area contributed by atoms with Crippen LogP contribution in [-0.2, 0) is 0 Å². The highest BCUT2D eigenvalue weighted by Crippen LogP contribution is 2.28. The molecule has 0 amide bonds. The Labute approximate surface area is 126 Å². The van der Waals surface area contributed by atoms with Crippen LogP contribution in [0, 0.1) is 6.92 Å². The van der Waals surface area contributed by atoms with Gasteiger partial charge < -0.3 is 5.32 Å². The lowest BCUT2D eigenvalue weighted by molar-refractivity contribution is 0.851. The lowest BCUT2D eigenvalue weighted by atomic mass is 9.99. The molecule has 2 rings (SSSR count). The van der Waals surface area contributed by atoms with Gasteiger partial charge in [-0.1, -0.05) is 49.7 Å². The predicted molar refractivity (Wildman–Crippen MR) is 86.6 cm³/mol. The van der Waals surface area contributed by atoms with Gasteiger partial charge in [0.1, 0.15) is 0 Å². The monoisotopic (exact) mass is 288 g/mol. The molecule has 0 aliphatic carbocycles. The van der Waals surface area contributed by atoms with E-state index < -0.39 is 0 Å². The van der Waals surface area contributed by atoms with Gasteiger partial charge in [0.15, 0.2) is 5.15 Å². The summed E-state index contributed by atoms with van der Waals surface area (Å²) in [6.45, 7) is 8.57. The summed E-state index contributed by atoms with van der Waals surface area (Å²) in [6.07, 6.45) is 1.73. The summed E-state index contributed by atoms with van der Waals surface area (Å²) >= 11 is 6.15. The van der Waals surface area contributed by atoms with Crippen LogP contribution in [0.15, 0.2) is 36.5 Å². The zero-order valence-corrected chi connectivity index (χ0v) is 13.2. The average Bonchev–Trinajstić information content (AvgIpc) is 2.43. The number of benzene rings is 1. The Bertz CT molecular complexity index is 556. The minimum Gasteiger partial charge on any atom is -0.376 e. The Kier molecular flexibility index (Phi) is 4.66. The van der Waals surface area contributed by atoms with Crippen molar-refractivity contribution in [2.75, 3.05) is 5.32 Å². The molecule has 0 aliphatic heterocycles. The molecule has 0 saturated heterocycles. The highest BCUT2D eigenvalue weighted by Gasteiger charge is 2.10. The number of hydrogen-bond acceptors (Lipinski definition) is 2. The number of hydrogen-bond donors (Lipinski definition) is 1. The highest BCUT2D eigenvalue weighted by atomic mass is 35.5. The Balaban J connectivity index is 2.17. The fraction of sp³-hybridized carbons (Fsp3) is 0.353. The summed E-state index contributed by atoms with van der Waals surface area (Å²) in [4.78, 5) is 4.13. The average molecular weight is 289 g/mol. The van der Waals surface area contributed by atoms with Crippen molar-refractivity contribution in [1.29, 1.82) is 0 Å². The van der Waals surface area contributed by atoms with Gasteiger partial charge in [0.2, 0.25) is 0 Å². The summed E-state index contributed by atoms with van der Waals surface area (Å²) in [5, 5.41) is 3.97. The van der Waals surface area contributed by atoms with Crippen LogP contribution in [0.1, 0.15) is 49.4 Å². The number of halogens is 1. The van der Waals surface area contributed by atoms with Gasteiger partial charge in [0.05, 0.1) is 5.69 Å². The molecule has 0 saturated carbocycles. The molecule has 2 aromatic rings. The first kappa shape index (κ1) is 14.9. The van der Waals surface area contributed by atoms with E-state index >= 15 is 0 Å². The molecule has 3 heteroatoms. The predicted octanol–water partition coefficient (Wildman–Crippen LogP) is 5.34. The number of rotatable bonds is 4. The fourth-order valence-corrected chi connectivity index (χ4v) is 2.43. The van der Waals surface area contributed by atoms with Gasteiger partial charge in [-0.25, -0.2) is 4.98 Å². The van der Waals surface area contributed by atoms with Crippen molar-refractivity contribution in [3.63, 3.8) is 0 Å². The zero-order valence-electron chi connectivity index (χ0n) is 12.4. The van der Waals surface area contributed by atoms with Gasteiger partial charge in [-0.2, -0.15) is 0 Å². The molecule has 106 valence electrons. The Morgan fingerprint density at radius 2 is 1.60 bits per heavy atom. The lowest BCUT2D eigenvalue weighted by Gasteiger charge is -2.18. The number of pyridine rings is 1. The molecular formula is C17H21ClN2. The quantitative estimate of drug-likeness (QED) is 0.768. The van der Waals surface area contributed by atoms with E-state index in [1.807, 2.05) is 13.0 Å². The third-order valence-corrected chi connectivity index (χ3v) is 3.86. The first-order valence-electron chi connectivity index (χ1n) is 6.96. The molecule has 1 heterocycles. The molecule has 1 atom stereocenters. The maximum absolute atomic E-state index is 6.15. The highest BCUT2D eigenvalue weighted by molar-refractivity contribution is 6.32. The largest absolute Gasteiger partial charge is 0.376 e. The molecule has 1 aromatic heterocycles. The molecule has 2 nitrogen and oxygen atoms in total. The Morgan fingerprint density at radius 3 is 2.15 bits per heavy atom. The summed E-state index contributed by atoms with van der Waals surface area (Å²) in [5.41, 5.74) is 4.62. The van der Waals surface area contributed by atoms with Gasteiger partial charge in [0.25, 0.3) is 0 Å². The van der Waals surface area contributed by atoms with Crippen LogP contribution in [0.3, 0.4) is 0 Å². The van der Waals surface area contributed by atoms with E-state index in [1.165, 1.54) is 11.1 Å². The maximum atomic E-state index is 6.15. The van der Waals surface area contributed by atoms with Crippen molar-refractivity contribution in [2.45, 2.75) is 39.7 Å². The first-order valence-corrected chi connectivity index (χ1v) is 7.34. The standard InChI is InChI=1S/C17H21ClN2/c1-11(2)14-5-7-15(8-6-14)13(4)20-16-12(3)9-10-19-17(16)18/h5-11,13,20H,1-4H3. The zero-order chi connectivity index (χ0) is 14.7. The smallest absolute Gasteiger partial charge is 0.152 e. The molecule has 0 radical (unpaired) electrons. The minimum atomic E-state index is 0.191. The van der Waals surface area contributed by atoms with Crippen molar-refractivity contribution < 1.29 is 0 Å². The number of anilines is 1. The molecule has 0 fully saturated rings. The van der Waals surface area contributed by atoms with E-state index in [1.54, 1.807) is 6.20 Å². The van der Waals surface area contributed by atoms with Crippen LogP contribution in [-0.4, -0.2) is 4.98 Å². The lowest BCUT2D eigenvalue weighted by Crippen LogP contribution is -2.08. The molecule has 1 aromatic carbocycles. The molecule has 1 unspecified atom stereocenters. The van der Waals surface area contributed by atoms with E-state index in [0.717, 1.165) is 11.3 Å². The van der Waals surface area contributed by atoms with Gasteiger partial charge in [-0.05, 0) is 42.5 Å². The second-order valence-electron chi connectivity index (χ2n) is 5.48. The normalized spacial score (nSPS) is 12.5. The van der Waals surface area contributed by atoms with E-state index in [-0.39, 0.29) is 6.04 Å². The molecule has 0 bridgehead atoms. The first-order chi connectivity index (χ1) is 9.49. The van der Waals surface area contributed by atoms with Crippen LogP contribution in [0.25, 0.3) is 0 Å². The molecule has 20 heavy (non-hydrogen) atoms. The van der Waals surface area contributed by atoms with Crippen LogP contribution < -0.4 is 5.32 Å². The number of aromatic nitrogens is 1. The van der Waals surface area contributed by atoms with Crippen LogP contribution >= 0.6 is 11.6 Å². The maximum Gasteiger partial charge on any atom is 0.152 e. The van der Waals surface area contributed by atoms with E-state index in [9.17, 15) is 0 Å². The minimum absolute atomic E-state index is 0.191. The Morgan fingerprint density at radius 1 is 1.00 bits per heavy atom. The van der Waals surface area contributed by atoms with E-state index in [2.05, 4.69) is 55.3 Å². The van der Waals surface area contributed by atoms with Gasteiger partial charge in [0, 0.05) is 12.2 Å². The third kappa shape index (κ3) is 3.31. The van der Waals surface area contributed by atoms with E-state index in [0.29, 0.717) is 11.1 Å². The second kappa shape index (κ2) is 6.27. The van der Waals surface area contributed by atoms with Crippen molar-refractivity contribution in [3.05, 3.63) is 58.4 Å². The summed E-state index contributed by atoms with van der Waals surface area (Å²) in [5.74, 6) is 0.558. The molecular weight excluding hydrogens is 268 g/mol. The van der Waals surface area contributed by atoms with Gasteiger partial charge in [-0.3, -0.25) is 0 Å². The number of nitrogens with zero attached hydrogens (tertiary/aromatic N) is 1. The summed E-state index contributed by atoms with van der Waals surface area (Å²) in [7, 11) is 0. The van der Waals surface area contributed by atoms with Crippen molar-refractivity contribution in [2.24, 2.45) is 0 Å². The molecule has 0 spiro atoms. The fourth-order valence-electron chi connectivity index (χ4n) is 2.17. The van der Waals surface area contributed by atoms with Crippen molar-refractivity contribution >= 4 is 17.3 Å². The van der Waals surface area contributed by atoms with Crippen molar-refractivity contribution in [1.82, 2.24) is 4.98 Å². The summed E-state index contributed by atoms with van der Waals surface area (Å²) < 4.78 is 0. The third-order valence-electron chi connectivity index (χ3n) is 3.58. The van der Waals surface area contributed by atoms with Crippen molar-refractivity contribution in [3.8, 4) is 0 Å². The number of aryl methyl sites for hydroxylation is 1. The molecule has 0 aliphatic rings. The van der Waals surface area contributed by atoms with Crippen LogP contribution in [0.5, 0.6) is 0 Å². The van der Waals surface area contributed by atoms with Gasteiger partial charge in [-0.15, -0.1) is 0 Å². The van der Waals surface area contributed by atoms with Gasteiger partial charge >= 0.3 is 0 Å². The Hall–Kier alpha value is -1.54. The second-order valence-corrected chi connectivity index (χ2v) is 5.84.